The van der Waals surface area contributed by atoms with E-state index in [-0.39, 0.29) is 23.8 Å². The lowest BCUT2D eigenvalue weighted by Crippen LogP contribution is -2.48. The van der Waals surface area contributed by atoms with Crippen LogP contribution in [0.25, 0.3) is 0 Å². The summed E-state index contributed by atoms with van der Waals surface area (Å²) in [7, 11) is -2.58. The number of nitrogens with zero attached hydrogens (tertiary/aromatic N) is 2. The third kappa shape index (κ3) is 5.72. The Balaban J connectivity index is 1.55. The number of sulfonamides is 1. The Kier molecular flexibility index (Phi) is 7.90. The number of hydrogen-bond acceptors (Lipinski definition) is 6. The number of nitrogens with one attached hydrogen (secondary N) is 2. The highest BCUT2D eigenvalue weighted by Gasteiger charge is 2.36. The van der Waals surface area contributed by atoms with Gasteiger partial charge in [-0.2, -0.15) is 4.31 Å². The van der Waals surface area contributed by atoms with Crippen molar-refractivity contribution in [2.24, 2.45) is 5.92 Å². The largest absolute Gasteiger partial charge is 0.492 e. The smallest absolute Gasteiger partial charge is 0.253 e. The highest BCUT2D eigenvalue weighted by atomic mass is 32.2. The summed E-state index contributed by atoms with van der Waals surface area (Å²) in [5, 5.41) is 0. The lowest BCUT2D eigenvalue weighted by Gasteiger charge is -2.20. The van der Waals surface area contributed by atoms with E-state index in [1.54, 1.807) is 36.4 Å². The van der Waals surface area contributed by atoms with Crippen LogP contribution in [0, 0.1) is 12.8 Å². The van der Waals surface area contributed by atoms with Gasteiger partial charge < -0.3 is 9.64 Å². The molecule has 1 aliphatic rings. The first-order valence-corrected chi connectivity index (χ1v) is 12.2. The van der Waals surface area contributed by atoms with Crippen molar-refractivity contribution in [2.75, 3.05) is 31.6 Å². The van der Waals surface area contributed by atoms with Crippen LogP contribution in [-0.4, -0.2) is 57.2 Å². The molecule has 2 aromatic carbocycles. The maximum absolute atomic E-state index is 12.6. The molecular weight excluding hydrogens is 460 g/mol. The molecule has 1 heterocycles. The SMILES string of the molecule is CCOc1ccccc1N1CC(C(=O)NNC(=O)CN(C)S(=O)(=O)c2ccc(C)cc2)CC1=O. The van der Waals surface area contributed by atoms with E-state index in [2.05, 4.69) is 10.9 Å². The minimum Gasteiger partial charge on any atom is -0.492 e. The van der Waals surface area contributed by atoms with Crippen LogP contribution in [0.4, 0.5) is 5.69 Å². The van der Waals surface area contributed by atoms with Gasteiger partial charge in [0.05, 0.1) is 29.7 Å². The number of likely N-dealkylation sites (N-methyl/N-ethyl adjacent to an activating group) is 1. The van der Waals surface area contributed by atoms with Crippen molar-refractivity contribution in [1.82, 2.24) is 15.2 Å². The second kappa shape index (κ2) is 10.7. The standard InChI is InChI=1S/C23H28N4O6S/c1-4-33-20-8-6-5-7-19(20)27-14-17(13-22(27)29)23(30)25-24-21(28)15-26(3)34(31,32)18-11-9-16(2)10-12-18/h5-12,17H,4,13-15H2,1-3H3,(H,24,28)(H,25,30). The molecule has 34 heavy (non-hydrogen) atoms. The number of anilines is 1. The molecule has 3 rings (SSSR count). The molecule has 1 fully saturated rings. The summed E-state index contributed by atoms with van der Waals surface area (Å²) < 4.78 is 31.7. The monoisotopic (exact) mass is 488 g/mol. The molecule has 0 spiro atoms. The number of benzene rings is 2. The van der Waals surface area contributed by atoms with E-state index in [0.717, 1.165) is 9.87 Å². The van der Waals surface area contributed by atoms with Gasteiger partial charge in [-0.1, -0.05) is 29.8 Å². The molecule has 0 saturated carbocycles. The molecule has 0 bridgehead atoms. The van der Waals surface area contributed by atoms with Crippen molar-refractivity contribution in [2.45, 2.75) is 25.2 Å². The van der Waals surface area contributed by atoms with E-state index >= 15 is 0 Å². The van der Waals surface area contributed by atoms with Crippen molar-refractivity contribution in [1.29, 1.82) is 0 Å². The van der Waals surface area contributed by atoms with Crippen molar-refractivity contribution >= 4 is 33.4 Å². The average molecular weight is 489 g/mol. The van der Waals surface area contributed by atoms with Gasteiger partial charge in [0.25, 0.3) is 5.91 Å². The van der Waals surface area contributed by atoms with Crippen LogP contribution in [0.5, 0.6) is 5.75 Å². The predicted octanol–water partition coefficient (Wildman–Crippen LogP) is 1.21. The Morgan fingerprint density at radius 2 is 1.79 bits per heavy atom. The quantitative estimate of drug-likeness (QED) is 0.538. The Hall–Kier alpha value is -3.44. The lowest BCUT2D eigenvalue weighted by molar-refractivity contribution is -0.131. The van der Waals surface area contributed by atoms with Crippen molar-refractivity contribution in [3.05, 3.63) is 54.1 Å². The molecule has 1 atom stereocenters. The fraction of sp³-hybridized carbons (Fsp3) is 0.348. The number of hydrogen-bond donors (Lipinski definition) is 2. The Bertz CT molecular complexity index is 1170. The zero-order chi connectivity index (χ0) is 24.9. The van der Waals surface area contributed by atoms with Gasteiger partial charge in [0.2, 0.25) is 21.8 Å². The van der Waals surface area contributed by atoms with Crippen molar-refractivity contribution in [3.8, 4) is 5.75 Å². The maximum atomic E-state index is 12.6. The van der Waals surface area contributed by atoms with Crippen LogP contribution in [-0.2, 0) is 24.4 Å². The maximum Gasteiger partial charge on any atom is 0.253 e. The molecule has 1 unspecified atom stereocenters. The number of carbonyl (C=O) groups excluding carboxylic acids is 3. The summed E-state index contributed by atoms with van der Waals surface area (Å²) in [5.74, 6) is -1.62. The molecule has 10 nitrogen and oxygen atoms in total. The summed E-state index contributed by atoms with van der Waals surface area (Å²) in [6.45, 7) is 3.75. The molecule has 11 heteroatoms. The molecule has 1 aliphatic heterocycles. The first-order chi connectivity index (χ1) is 16.1. The summed E-state index contributed by atoms with van der Waals surface area (Å²) in [6.07, 6.45) is -0.0239. The minimum absolute atomic E-state index is 0.0239. The van der Waals surface area contributed by atoms with E-state index in [1.165, 1.54) is 24.1 Å². The van der Waals surface area contributed by atoms with Gasteiger partial charge in [0, 0.05) is 20.0 Å². The highest BCUT2D eigenvalue weighted by Crippen LogP contribution is 2.33. The first kappa shape index (κ1) is 25.2. The van der Waals surface area contributed by atoms with Crippen molar-refractivity contribution < 1.29 is 27.5 Å². The summed E-state index contributed by atoms with van der Waals surface area (Å²) in [4.78, 5) is 38.9. The van der Waals surface area contributed by atoms with Crippen LogP contribution in [0.1, 0.15) is 18.9 Å². The highest BCUT2D eigenvalue weighted by molar-refractivity contribution is 7.89. The van der Waals surface area contributed by atoms with Gasteiger partial charge in [0.1, 0.15) is 5.75 Å². The number of hydrazine groups is 1. The topological polar surface area (TPSA) is 125 Å². The minimum atomic E-state index is -3.86. The normalized spacial score (nSPS) is 15.9. The third-order valence-electron chi connectivity index (χ3n) is 5.37. The molecular formula is C23H28N4O6S. The summed E-state index contributed by atoms with van der Waals surface area (Å²) in [5.41, 5.74) is 6.01. The van der Waals surface area contributed by atoms with E-state index in [4.69, 9.17) is 4.74 Å². The third-order valence-corrected chi connectivity index (χ3v) is 7.19. The van der Waals surface area contributed by atoms with E-state index in [9.17, 15) is 22.8 Å². The number of rotatable bonds is 8. The number of amides is 3. The zero-order valence-corrected chi connectivity index (χ0v) is 20.1. The molecule has 2 N–H and O–H groups in total. The zero-order valence-electron chi connectivity index (χ0n) is 19.3. The van der Waals surface area contributed by atoms with Crippen LogP contribution in [0.3, 0.4) is 0 Å². The Labute approximate surface area is 198 Å². The van der Waals surface area contributed by atoms with E-state index in [0.29, 0.717) is 18.0 Å². The number of aryl methyl sites for hydroxylation is 1. The summed E-state index contributed by atoms with van der Waals surface area (Å²) in [6, 6.07) is 13.3. The summed E-state index contributed by atoms with van der Waals surface area (Å²) >= 11 is 0. The van der Waals surface area contributed by atoms with Gasteiger partial charge >= 0.3 is 0 Å². The van der Waals surface area contributed by atoms with Gasteiger partial charge in [-0.05, 0) is 38.1 Å². The Morgan fingerprint density at radius 3 is 2.47 bits per heavy atom. The average Bonchev–Trinajstić information content (AvgIpc) is 3.19. The molecule has 0 aromatic heterocycles. The van der Waals surface area contributed by atoms with Gasteiger partial charge in [0.15, 0.2) is 0 Å². The number of para-hydroxylation sites is 2. The fourth-order valence-corrected chi connectivity index (χ4v) is 4.65. The van der Waals surface area contributed by atoms with Gasteiger partial charge in [-0.3, -0.25) is 25.2 Å². The second-order valence-corrected chi connectivity index (χ2v) is 9.96. The second-order valence-electron chi connectivity index (χ2n) is 7.92. The number of carbonyl (C=O) groups is 3. The van der Waals surface area contributed by atoms with Crippen LogP contribution in [0.2, 0.25) is 0 Å². The van der Waals surface area contributed by atoms with Crippen LogP contribution >= 0.6 is 0 Å². The molecule has 2 aromatic rings. The van der Waals surface area contributed by atoms with E-state index in [1.807, 2.05) is 13.8 Å². The van der Waals surface area contributed by atoms with E-state index < -0.39 is 34.3 Å². The number of ether oxygens (including phenoxy) is 1. The Morgan fingerprint density at radius 1 is 1.12 bits per heavy atom. The van der Waals surface area contributed by atoms with Crippen molar-refractivity contribution in [3.63, 3.8) is 0 Å². The van der Waals surface area contributed by atoms with Gasteiger partial charge in [-0.25, -0.2) is 8.42 Å². The molecule has 1 saturated heterocycles. The first-order valence-electron chi connectivity index (χ1n) is 10.8. The predicted molar refractivity (Wildman–Crippen MR) is 125 cm³/mol. The molecule has 3 amide bonds. The molecule has 182 valence electrons. The van der Waals surface area contributed by atoms with Crippen LogP contribution in [0.15, 0.2) is 53.4 Å². The lowest BCUT2D eigenvalue weighted by atomic mass is 10.1. The molecule has 0 radical (unpaired) electrons. The molecule has 0 aliphatic carbocycles. The fourth-order valence-electron chi connectivity index (χ4n) is 3.52. The van der Waals surface area contributed by atoms with Gasteiger partial charge in [-0.15, -0.1) is 0 Å². The van der Waals surface area contributed by atoms with Crippen LogP contribution < -0.4 is 20.5 Å².